The number of benzene rings is 1. The van der Waals surface area contributed by atoms with Crippen molar-refractivity contribution in [3.05, 3.63) is 35.4 Å². The molecule has 19 heavy (non-hydrogen) atoms. The second kappa shape index (κ2) is 5.74. The molecule has 1 aliphatic rings. The van der Waals surface area contributed by atoms with Gasteiger partial charge in [-0.25, -0.2) is 0 Å². The van der Waals surface area contributed by atoms with Crippen molar-refractivity contribution in [3.63, 3.8) is 0 Å². The van der Waals surface area contributed by atoms with Crippen LogP contribution in [0.3, 0.4) is 0 Å². The first-order chi connectivity index (χ1) is 9.03. The first kappa shape index (κ1) is 14.1. The summed E-state index contributed by atoms with van der Waals surface area (Å²) in [6, 6.07) is 7.79. The third kappa shape index (κ3) is 3.57. The van der Waals surface area contributed by atoms with Crippen LogP contribution in [0, 0.1) is 11.3 Å². The quantitative estimate of drug-likeness (QED) is 0.793. The summed E-state index contributed by atoms with van der Waals surface area (Å²) in [5.74, 6) is -0.0532. The van der Waals surface area contributed by atoms with Gasteiger partial charge in [0.1, 0.15) is 0 Å². The molecule has 1 aromatic carbocycles. The Hall–Kier alpha value is -1.35. The predicted octanol–water partition coefficient (Wildman–Crippen LogP) is 2.84. The Bertz CT molecular complexity index is 450. The molecule has 0 aromatic heterocycles. The molecule has 0 amide bonds. The van der Waals surface area contributed by atoms with E-state index in [0.29, 0.717) is 11.3 Å². The molecule has 1 aromatic rings. The number of carboxylic acid groups (broad SMARTS) is 1. The number of nitrogens with one attached hydrogen (secondary N) is 1. The Morgan fingerprint density at radius 1 is 1.32 bits per heavy atom. The molecule has 2 N–H and O–H groups in total. The fourth-order valence-corrected chi connectivity index (χ4v) is 2.63. The summed E-state index contributed by atoms with van der Waals surface area (Å²) < 4.78 is 0. The highest BCUT2D eigenvalue weighted by Gasteiger charge is 2.44. The topological polar surface area (TPSA) is 49.3 Å². The minimum absolute atomic E-state index is 0.104. The summed E-state index contributed by atoms with van der Waals surface area (Å²) in [5.41, 5.74) is 2.50. The van der Waals surface area contributed by atoms with E-state index in [1.807, 2.05) is 24.3 Å². The lowest BCUT2D eigenvalue weighted by Crippen LogP contribution is -2.27. The molecular weight excluding hydrogens is 238 g/mol. The van der Waals surface area contributed by atoms with E-state index in [0.717, 1.165) is 24.2 Å². The van der Waals surface area contributed by atoms with E-state index in [1.165, 1.54) is 12.8 Å². The molecule has 0 heterocycles. The number of hydrogen-bond donors (Lipinski definition) is 2. The lowest BCUT2D eigenvalue weighted by Gasteiger charge is -2.20. The van der Waals surface area contributed by atoms with Gasteiger partial charge in [-0.05, 0) is 35.3 Å². The van der Waals surface area contributed by atoms with Gasteiger partial charge in [-0.1, -0.05) is 38.1 Å². The average Bonchev–Trinajstić information content (AvgIpc) is 3.12. The Morgan fingerprint density at radius 3 is 2.47 bits per heavy atom. The van der Waals surface area contributed by atoms with Gasteiger partial charge in [0.05, 0.1) is 6.42 Å². The molecule has 1 fully saturated rings. The third-order valence-electron chi connectivity index (χ3n) is 4.37. The molecule has 0 spiro atoms. The van der Waals surface area contributed by atoms with Crippen molar-refractivity contribution in [3.8, 4) is 0 Å². The second-order valence-electron chi connectivity index (χ2n) is 5.96. The molecule has 0 aliphatic heterocycles. The van der Waals surface area contributed by atoms with Gasteiger partial charge in [-0.3, -0.25) is 4.79 Å². The van der Waals surface area contributed by atoms with Crippen LogP contribution in [0.5, 0.6) is 0 Å². The summed E-state index contributed by atoms with van der Waals surface area (Å²) in [7, 11) is 0. The van der Waals surface area contributed by atoms with Crippen LogP contribution in [0.15, 0.2) is 24.3 Å². The molecule has 3 nitrogen and oxygen atoms in total. The zero-order chi connectivity index (χ0) is 13.9. The highest BCUT2D eigenvalue weighted by atomic mass is 16.4. The minimum Gasteiger partial charge on any atom is -0.481 e. The van der Waals surface area contributed by atoms with Crippen LogP contribution in [0.25, 0.3) is 0 Å². The van der Waals surface area contributed by atoms with Gasteiger partial charge in [-0.2, -0.15) is 0 Å². The second-order valence-corrected chi connectivity index (χ2v) is 5.96. The van der Waals surface area contributed by atoms with Gasteiger partial charge in [0, 0.05) is 13.1 Å². The smallest absolute Gasteiger partial charge is 0.307 e. The molecule has 104 valence electrons. The lowest BCUT2D eigenvalue weighted by atomic mass is 9.92. The lowest BCUT2D eigenvalue weighted by molar-refractivity contribution is -0.136. The van der Waals surface area contributed by atoms with Crippen molar-refractivity contribution in [1.82, 2.24) is 5.32 Å². The van der Waals surface area contributed by atoms with E-state index in [9.17, 15) is 4.79 Å². The van der Waals surface area contributed by atoms with Gasteiger partial charge >= 0.3 is 5.97 Å². The standard InChI is InChI=1S/C16H23NO2/c1-12(2)16(7-8-16)11-17-10-14-6-4-3-5-13(14)9-15(18)19/h3-6,12,17H,7-11H2,1-2H3,(H,18,19). The maximum Gasteiger partial charge on any atom is 0.307 e. The highest BCUT2D eigenvalue weighted by molar-refractivity contribution is 5.70. The van der Waals surface area contributed by atoms with E-state index < -0.39 is 5.97 Å². The number of carbonyl (C=O) groups is 1. The van der Waals surface area contributed by atoms with Gasteiger partial charge in [0.25, 0.3) is 0 Å². The zero-order valence-corrected chi connectivity index (χ0v) is 11.8. The molecule has 2 rings (SSSR count). The van der Waals surface area contributed by atoms with Gasteiger partial charge in [-0.15, -0.1) is 0 Å². The Balaban J connectivity index is 1.91. The van der Waals surface area contributed by atoms with Gasteiger partial charge < -0.3 is 10.4 Å². The first-order valence-electron chi connectivity index (χ1n) is 7.03. The van der Waals surface area contributed by atoms with Crippen molar-refractivity contribution in [2.45, 2.75) is 39.7 Å². The van der Waals surface area contributed by atoms with Crippen LogP contribution in [0.4, 0.5) is 0 Å². The van der Waals surface area contributed by atoms with E-state index in [4.69, 9.17) is 5.11 Å². The Labute approximate surface area is 115 Å². The molecule has 1 saturated carbocycles. The van der Waals surface area contributed by atoms with Gasteiger partial charge in [0.15, 0.2) is 0 Å². The average molecular weight is 261 g/mol. The van der Waals surface area contributed by atoms with Crippen molar-refractivity contribution in [2.75, 3.05) is 6.54 Å². The summed E-state index contributed by atoms with van der Waals surface area (Å²) in [6.45, 7) is 6.37. The van der Waals surface area contributed by atoms with Crippen LogP contribution >= 0.6 is 0 Å². The Kier molecular flexibility index (Phi) is 4.25. The molecule has 1 aliphatic carbocycles. The summed E-state index contributed by atoms with van der Waals surface area (Å²) in [4.78, 5) is 10.8. The Morgan fingerprint density at radius 2 is 1.95 bits per heavy atom. The normalized spacial score (nSPS) is 16.6. The predicted molar refractivity (Wildman–Crippen MR) is 76.0 cm³/mol. The highest BCUT2D eigenvalue weighted by Crippen LogP contribution is 2.51. The largest absolute Gasteiger partial charge is 0.481 e. The van der Waals surface area contributed by atoms with Crippen LogP contribution < -0.4 is 5.32 Å². The van der Waals surface area contributed by atoms with E-state index in [2.05, 4.69) is 19.2 Å². The van der Waals surface area contributed by atoms with Crippen molar-refractivity contribution >= 4 is 5.97 Å². The third-order valence-corrected chi connectivity index (χ3v) is 4.37. The van der Waals surface area contributed by atoms with Crippen molar-refractivity contribution < 1.29 is 9.90 Å². The number of hydrogen-bond acceptors (Lipinski definition) is 2. The molecule has 0 atom stereocenters. The maximum absolute atomic E-state index is 10.8. The fraction of sp³-hybridized carbons (Fsp3) is 0.562. The van der Waals surface area contributed by atoms with Crippen LogP contribution in [0.1, 0.15) is 37.8 Å². The molecule has 0 radical (unpaired) electrons. The molecule has 3 heteroatoms. The first-order valence-corrected chi connectivity index (χ1v) is 7.03. The molecule has 0 unspecified atom stereocenters. The summed E-state index contributed by atoms with van der Waals surface area (Å²) >= 11 is 0. The van der Waals surface area contributed by atoms with Gasteiger partial charge in [0.2, 0.25) is 0 Å². The van der Waals surface area contributed by atoms with Crippen LogP contribution in [-0.4, -0.2) is 17.6 Å². The summed E-state index contributed by atoms with van der Waals surface area (Å²) in [6.07, 6.45) is 2.73. The maximum atomic E-state index is 10.8. The zero-order valence-electron chi connectivity index (χ0n) is 11.8. The number of aliphatic carboxylic acids is 1. The number of rotatable bonds is 7. The fourth-order valence-electron chi connectivity index (χ4n) is 2.63. The van der Waals surface area contributed by atoms with Crippen molar-refractivity contribution in [2.24, 2.45) is 11.3 Å². The monoisotopic (exact) mass is 261 g/mol. The molecule has 0 saturated heterocycles. The van der Waals surface area contributed by atoms with E-state index >= 15 is 0 Å². The number of carboxylic acids is 1. The molecular formula is C16H23NO2. The van der Waals surface area contributed by atoms with Crippen LogP contribution in [-0.2, 0) is 17.8 Å². The van der Waals surface area contributed by atoms with E-state index in [1.54, 1.807) is 0 Å². The van der Waals surface area contributed by atoms with Crippen molar-refractivity contribution in [1.29, 1.82) is 0 Å². The van der Waals surface area contributed by atoms with E-state index in [-0.39, 0.29) is 6.42 Å². The summed E-state index contributed by atoms with van der Waals surface area (Å²) in [5, 5.41) is 12.4. The SMILES string of the molecule is CC(C)C1(CNCc2ccccc2CC(=O)O)CC1. The van der Waals surface area contributed by atoms with Crippen LogP contribution in [0.2, 0.25) is 0 Å². The minimum atomic E-state index is -0.770. The molecule has 0 bridgehead atoms.